The van der Waals surface area contributed by atoms with Gasteiger partial charge in [-0.15, -0.1) is 0 Å². The van der Waals surface area contributed by atoms with E-state index in [1.807, 2.05) is 0 Å². The van der Waals surface area contributed by atoms with E-state index in [9.17, 15) is 22.8 Å². The SMILES string of the molecule is CCOC(=O)C1CCN(C(=O)CN(C)C(=O)c2cc(C)c(C)c(S(=O)(=O)N(C)C)c2)CC1. The molecule has 0 unspecified atom stereocenters. The van der Waals surface area contributed by atoms with Crippen molar-refractivity contribution in [2.45, 2.75) is 38.5 Å². The third-order valence-corrected chi connectivity index (χ3v) is 7.75. The molecule has 0 spiro atoms. The molecule has 0 N–H and O–H groups in total. The van der Waals surface area contributed by atoms with Gasteiger partial charge in [0, 0.05) is 39.8 Å². The average Bonchev–Trinajstić information content (AvgIpc) is 2.74. The molecule has 32 heavy (non-hydrogen) atoms. The van der Waals surface area contributed by atoms with Crippen molar-refractivity contribution in [1.29, 1.82) is 0 Å². The highest BCUT2D eigenvalue weighted by molar-refractivity contribution is 7.89. The summed E-state index contributed by atoms with van der Waals surface area (Å²) in [5.74, 6) is -1.08. The summed E-state index contributed by atoms with van der Waals surface area (Å²) in [6.45, 7) is 6.27. The number of carbonyl (C=O) groups excluding carboxylic acids is 3. The van der Waals surface area contributed by atoms with E-state index >= 15 is 0 Å². The van der Waals surface area contributed by atoms with Gasteiger partial charge in [0.15, 0.2) is 0 Å². The van der Waals surface area contributed by atoms with Crippen molar-refractivity contribution in [2.75, 3.05) is 47.4 Å². The van der Waals surface area contributed by atoms with Gasteiger partial charge in [-0.3, -0.25) is 14.4 Å². The minimum atomic E-state index is -3.72. The van der Waals surface area contributed by atoms with Crippen LogP contribution < -0.4 is 0 Å². The Kier molecular flexibility index (Phi) is 8.41. The van der Waals surface area contributed by atoms with Gasteiger partial charge in [0.25, 0.3) is 5.91 Å². The molecular weight excluding hydrogens is 434 g/mol. The number of hydrogen-bond acceptors (Lipinski definition) is 6. The number of nitrogens with zero attached hydrogens (tertiary/aromatic N) is 3. The Morgan fingerprint density at radius 1 is 1.09 bits per heavy atom. The van der Waals surface area contributed by atoms with Gasteiger partial charge in [0.2, 0.25) is 15.9 Å². The van der Waals surface area contributed by atoms with Crippen LogP contribution in [0.5, 0.6) is 0 Å². The molecule has 1 aliphatic heterocycles. The second-order valence-corrected chi connectivity index (χ2v) is 10.4. The number of hydrogen-bond donors (Lipinski definition) is 0. The van der Waals surface area contributed by atoms with Crippen molar-refractivity contribution in [3.05, 3.63) is 28.8 Å². The van der Waals surface area contributed by atoms with Gasteiger partial charge in [0.1, 0.15) is 0 Å². The summed E-state index contributed by atoms with van der Waals surface area (Å²) >= 11 is 0. The molecule has 1 heterocycles. The van der Waals surface area contributed by atoms with E-state index in [0.29, 0.717) is 43.7 Å². The van der Waals surface area contributed by atoms with Crippen LogP contribution in [0.2, 0.25) is 0 Å². The van der Waals surface area contributed by atoms with Crippen LogP contribution in [0.4, 0.5) is 0 Å². The predicted octanol–water partition coefficient (Wildman–Crippen LogP) is 1.43. The molecule has 0 aromatic heterocycles. The Hall–Kier alpha value is -2.46. The van der Waals surface area contributed by atoms with E-state index in [1.165, 1.54) is 32.1 Å². The van der Waals surface area contributed by atoms with Gasteiger partial charge < -0.3 is 14.5 Å². The van der Waals surface area contributed by atoms with Crippen LogP contribution in [0, 0.1) is 19.8 Å². The number of rotatable bonds is 7. The molecular formula is C22H33N3O6S. The fraction of sp³-hybridized carbons (Fsp3) is 0.591. The number of sulfonamides is 1. The van der Waals surface area contributed by atoms with Gasteiger partial charge in [-0.25, -0.2) is 12.7 Å². The van der Waals surface area contributed by atoms with Gasteiger partial charge >= 0.3 is 5.97 Å². The monoisotopic (exact) mass is 467 g/mol. The average molecular weight is 468 g/mol. The zero-order valence-corrected chi connectivity index (χ0v) is 20.5. The fourth-order valence-electron chi connectivity index (χ4n) is 3.63. The van der Waals surface area contributed by atoms with Crippen molar-refractivity contribution in [2.24, 2.45) is 5.92 Å². The van der Waals surface area contributed by atoms with Crippen LogP contribution in [0.1, 0.15) is 41.3 Å². The summed E-state index contributed by atoms with van der Waals surface area (Å²) < 4.78 is 31.5. The molecule has 9 nitrogen and oxygen atoms in total. The Labute approximate surface area is 190 Å². The molecule has 10 heteroatoms. The summed E-state index contributed by atoms with van der Waals surface area (Å²) in [5, 5.41) is 0. The van der Waals surface area contributed by atoms with Crippen molar-refractivity contribution >= 4 is 27.8 Å². The molecule has 0 atom stereocenters. The standard InChI is InChI=1S/C22H33N3O6S/c1-7-31-22(28)17-8-10-25(11-9-17)20(26)14-24(6)21(27)18-12-15(2)16(3)19(13-18)32(29,30)23(4)5/h12-13,17H,7-11,14H2,1-6H3. The van der Waals surface area contributed by atoms with E-state index in [2.05, 4.69) is 0 Å². The van der Waals surface area contributed by atoms with Crippen molar-refractivity contribution in [3.8, 4) is 0 Å². The highest BCUT2D eigenvalue weighted by Gasteiger charge is 2.29. The number of likely N-dealkylation sites (N-methyl/N-ethyl adjacent to an activating group) is 1. The molecule has 1 aliphatic rings. The molecule has 1 saturated heterocycles. The molecule has 1 aromatic rings. The smallest absolute Gasteiger partial charge is 0.309 e. The third kappa shape index (κ3) is 5.66. The Balaban J connectivity index is 2.09. The Morgan fingerprint density at radius 2 is 1.69 bits per heavy atom. The zero-order chi connectivity index (χ0) is 24.2. The van der Waals surface area contributed by atoms with Crippen LogP contribution >= 0.6 is 0 Å². The van der Waals surface area contributed by atoms with E-state index in [1.54, 1.807) is 31.7 Å². The molecule has 0 radical (unpaired) electrons. The molecule has 0 bridgehead atoms. The fourth-order valence-corrected chi connectivity index (χ4v) is 4.85. The first-order valence-corrected chi connectivity index (χ1v) is 12.1. The van der Waals surface area contributed by atoms with Crippen LogP contribution in [-0.4, -0.2) is 87.7 Å². The maximum Gasteiger partial charge on any atom is 0.309 e. The number of aryl methyl sites for hydroxylation is 1. The lowest BCUT2D eigenvalue weighted by molar-refractivity contribution is -0.151. The summed E-state index contributed by atoms with van der Waals surface area (Å²) in [7, 11) is 0.674. The zero-order valence-electron chi connectivity index (χ0n) is 19.7. The first-order valence-electron chi connectivity index (χ1n) is 10.6. The van der Waals surface area contributed by atoms with E-state index in [-0.39, 0.29) is 34.8 Å². The number of carbonyl (C=O) groups is 3. The molecule has 1 aromatic carbocycles. The number of esters is 1. The highest BCUT2D eigenvalue weighted by atomic mass is 32.2. The summed E-state index contributed by atoms with van der Waals surface area (Å²) in [5.41, 5.74) is 1.47. The molecule has 0 saturated carbocycles. The lowest BCUT2D eigenvalue weighted by atomic mass is 9.97. The number of benzene rings is 1. The quantitative estimate of drug-likeness (QED) is 0.562. The van der Waals surface area contributed by atoms with Crippen molar-refractivity contribution in [1.82, 2.24) is 14.1 Å². The summed E-state index contributed by atoms with van der Waals surface area (Å²) in [6.07, 6.45) is 1.07. The third-order valence-electron chi connectivity index (χ3n) is 5.81. The molecule has 178 valence electrons. The van der Waals surface area contributed by atoms with Gasteiger partial charge in [-0.1, -0.05) is 0 Å². The van der Waals surface area contributed by atoms with Crippen LogP contribution in [0.15, 0.2) is 17.0 Å². The van der Waals surface area contributed by atoms with Crippen LogP contribution in [0.3, 0.4) is 0 Å². The van der Waals surface area contributed by atoms with Gasteiger partial charge in [0.05, 0.1) is 24.0 Å². The molecule has 2 amide bonds. The van der Waals surface area contributed by atoms with Gasteiger partial charge in [-0.05, 0) is 56.9 Å². The van der Waals surface area contributed by atoms with E-state index in [4.69, 9.17) is 4.74 Å². The summed E-state index contributed by atoms with van der Waals surface area (Å²) in [4.78, 5) is 40.5. The second-order valence-electron chi connectivity index (χ2n) is 8.27. The number of piperidine rings is 1. The maximum atomic E-state index is 13.0. The number of likely N-dealkylation sites (tertiary alicyclic amines) is 1. The van der Waals surface area contributed by atoms with Crippen molar-refractivity contribution in [3.63, 3.8) is 0 Å². The highest BCUT2D eigenvalue weighted by Crippen LogP contribution is 2.24. The summed E-state index contributed by atoms with van der Waals surface area (Å²) in [6, 6.07) is 3.00. The maximum absolute atomic E-state index is 13.0. The molecule has 2 rings (SSSR count). The largest absolute Gasteiger partial charge is 0.466 e. The Bertz CT molecular complexity index is 982. The first-order chi connectivity index (χ1) is 14.9. The minimum absolute atomic E-state index is 0.0756. The lowest BCUT2D eigenvalue weighted by Crippen LogP contribution is -2.45. The number of ether oxygens (including phenoxy) is 1. The second kappa shape index (κ2) is 10.4. The van der Waals surface area contributed by atoms with E-state index < -0.39 is 15.9 Å². The van der Waals surface area contributed by atoms with Gasteiger partial charge in [-0.2, -0.15) is 0 Å². The van der Waals surface area contributed by atoms with E-state index in [0.717, 1.165) is 4.31 Å². The molecule has 0 aliphatic carbocycles. The predicted molar refractivity (Wildman–Crippen MR) is 120 cm³/mol. The normalized spacial score (nSPS) is 15.0. The lowest BCUT2D eigenvalue weighted by Gasteiger charge is -2.32. The minimum Gasteiger partial charge on any atom is -0.466 e. The number of amides is 2. The molecule has 1 fully saturated rings. The Morgan fingerprint density at radius 3 is 2.22 bits per heavy atom. The first kappa shape index (κ1) is 25.8. The van der Waals surface area contributed by atoms with Crippen LogP contribution in [-0.2, 0) is 24.3 Å². The van der Waals surface area contributed by atoms with Crippen LogP contribution in [0.25, 0.3) is 0 Å². The van der Waals surface area contributed by atoms with Crippen molar-refractivity contribution < 1.29 is 27.5 Å². The topological polar surface area (TPSA) is 104 Å².